The van der Waals surface area contributed by atoms with Crippen molar-refractivity contribution in [3.63, 3.8) is 0 Å². The summed E-state index contributed by atoms with van der Waals surface area (Å²) in [6.45, 7) is 9.76. The van der Waals surface area contributed by atoms with Crippen molar-refractivity contribution >= 4 is 11.8 Å². The van der Waals surface area contributed by atoms with Gasteiger partial charge in [0.2, 0.25) is 5.91 Å². The molecule has 2 aromatic rings. The average molecular weight is 439 g/mol. The number of nitrogens with zero attached hydrogens (tertiary/aromatic N) is 6. The average Bonchev–Trinajstić information content (AvgIpc) is 3.43. The molecule has 0 unspecified atom stereocenters. The van der Waals surface area contributed by atoms with E-state index in [4.69, 9.17) is 0 Å². The highest BCUT2D eigenvalue weighted by molar-refractivity contribution is 5.95. The first-order valence-corrected chi connectivity index (χ1v) is 11.8. The third-order valence-corrected chi connectivity index (χ3v) is 6.62. The van der Waals surface area contributed by atoms with Crippen LogP contribution in [0.25, 0.3) is 0 Å². The minimum Gasteiger partial charge on any atom is -0.342 e. The number of carbonyl (C=O) groups is 2. The fourth-order valence-corrected chi connectivity index (χ4v) is 4.84. The third kappa shape index (κ3) is 5.00. The SMILES string of the molecule is Cc1cc(C)n(CCCC(=O)N2CCC[C@@H](c3ncc(C(=O)N4CCCC4)c(C)n3)C2)n1. The molecule has 0 N–H and O–H groups in total. The summed E-state index contributed by atoms with van der Waals surface area (Å²) in [6, 6.07) is 2.06. The van der Waals surface area contributed by atoms with Gasteiger partial charge in [0.1, 0.15) is 5.82 Å². The second-order valence-electron chi connectivity index (χ2n) is 9.16. The van der Waals surface area contributed by atoms with E-state index in [0.717, 1.165) is 81.2 Å². The van der Waals surface area contributed by atoms with Crippen molar-refractivity contribution in [2.24, 2.45) is 0 Å². The minimum atomic E-state index is 0.0367. The summed E-state index contributed by atoms with van der Waals surface area (Å²) >= 11 is 0. The molecule has 8 heteroatoms. The monoisotopic (exact) mass is 438 g/mol. The number of piperidine rings is 1. The number of rotatable bonds is 6. The highest BCUT2D eigenvalue weighted by atomic mass is 16.2. The van der Waals surface area contributed by atoms with Crippen molar-refractivity contribution in [2.75, 3.05) is 26.2 Å². The molecule has 1 atom stereocenters. The minimum absolute atomic E-state index is 0.0367. The predicted molar refractivity (Wildman–Crippen MR) is 121 cm³/mol. The Morgan fingerprint density at radius 2 is 1.81 bits per heavy atom. The van der Waals surface area contributed by atoms with E-state index in [0.29, 0.717) is 18.5 Å². The molecular weight excluding hydrogens is 404 g/mol. The normalized spacial score (nSPS) is 18.9. The number of likely N-dealkylation sites (tertiary alicyclic amines) is 2. The Balaban J connectivity index is 1.33. The summed E-state index contributed by atoms with van der Waals surface area (Å²) in [5, 5.41) is 4.47. The van der Waals surface area contributed by atoms with Crippen molar-refractivity contribution in [1.82, 2.24) is 29.5 Å². The predicted octanol–water partition coefficient (Wildman–Crippen LogP) is 3.02. The zero-order valence-corrected chi connectivity index (χ0v) is 19.5. The molecule has 32 heavy (non-hydrogen) atoms. The second kappa shape index (κ2) is 9.79. The second-order valence-corrected chi connectivity index (χ2v) is 9.16. The Labute approximate surface area is 190 Å². The molecule has 0 radical (unpaired) electrons. The van der Waals surface area contributed by atoms with E-state index in [2.05, 4.69) is 21.1 Å². The molecule has 4 rings (SSSR count). The first kappa shape index (κ1) is 22.4. The van der Waals surface area contributed by atoms with Gasteiger partial charge in [-0.05, 0) is 58.9 Å². The van der Waals surface area contributed by atoms with E-state index in [1.165, 1.54) is 0 Å². The maximum absolute atomic E-state index is 12.8. The maximum Gasteiger partial charge on any atom is 0.257 e. The molecule has 0 aromatic carbocycles. The fraction of sp³-hybridized carbons (Fsp3) is 0.625. The first-order chi connectivity index (χ1) is 15.4. The van der Waals surface area contributed by atoms with Gasteiger partial charge in [-0.25, -0.2) is 9.97 Å². The Kier molecular flexibility index (Phi) is 6.86. The van der Waals surface area contributed by atoms with Crippen molar-refractivity contribution in [3.05, 3.63) is 40.7 Å². The van der Waals surface area contributed by atoms with Crippen LogP contribution in [-0.2, 0) is 11.3 Å². The number of carbonyl (C=O) groups excluding carboxylic acids is 2. The quantitative estimate of drug-likeness (QED) is 0.692. The van der Waals surface area contributed by atoms with Gasteiger partial charge in [0.05, 0.1) is 17.0 Å². The zero-order chi connectivity index (χ0) is 22.7. The molecule has 8 nitrogen and oxygen atoms in total. The summed E-state index contributed by atoms with van der Waals surface area (Å²) in [6.07, 6.45) is 7.04. The molecule has 0 aliphatic carbocycles. The molecule has 2 fully saturated rings. The van der Waals surface area contributed by atoms with Gasteiger partial charge >= 0.3 is 0 Å². The summed E-state index contributed by atoms with van der Waals surface area (Å²) in [5.74, 6) is 1.10. The van der Waals surface area contributed by atoms with Gasteiger partial charge in [0, 0.05) is 57.0 Å². The molecule has 2 aliphatic heterocycles. The maximum atomic E-state index is 12.8. The third-order valence-electron chi connectivity index (χ3n) is 6.62. The smallest absolute Gasteiger partial charge is 0.257 e. The van der Waals surface area contributed by atoms with Crippen LogP contribution in [0.15, 0.2) is 12.3 Å². The number of aromatic nitrogens is 4. The number of hydrogen-bond acceptors (Lipinski definition) is 5. The molecule has 0 saturated carbocycles. The molecular formula is C24H34N6O2. The molecule has 2 saturated heterocycles. The van der Waals surface area contributed by atoms with Crippen molar-refractivity contribution in [1.29, 1.82) is 0 Å². The van der Waals surface area contributed by atoms with Crippen LogP contribution in [0.3, 0.4) is 0 Å². The highest BCUT2D eigenvalue weighted by Gasteiger charge is 2.28. The topological polar surface area (TPSA) is 84.2 Å². The lowest BCUT2D eigenvalue weighted by Gasteiger charge is -2.32. The van der Waals surface area contributed by atoms with Crippen molar-refractivity contribution in [2.45, 2.75) is 71.8 Å². The van der Waals surface area contributed by atoms with Crippen LogP contribution in [0.4, 0.5) is 0 Å². The molecule has 0 bridgehead atoms. The molecule has 2 aromatic heterocycles. The molecule has 4 heterocycles. The van der Waals surface area contributed by atoms with E-state index in [9.17, 15) is 9.59 Å². The summed E-state index contributed by atoms with van der Waals surface area (Å²) in [7, 11) is 0. The van der Waals surface area contributed by atoms with Gasteiger partial charge in [0.25, 0.3) is 5.91 Å². The van der Waals surface area contributed by atoms with Gasteiger partial charge in [-0.1, -0.05) is 0 Å². The van der Waals surface area contributed by atoms with E-state index in [1.807, 2.05) is 35.3 Å². The zero-order valence-electron chi connectivity index (χ0n) is 19.5. The van der Waals surface area contributed by atoms with E-state index in [-0.39, 0.29) is 17.7 Å². The standard InChI is InChI=1S/C24H34N6O2/c1-17-14-18(2)30(27-17)13-7-9-22(31)29-12-6-8-20(16-29)23-25-15-21(19(3)26-23)24(32)28-10-4-5-11-28/h14-15,20H,4-13,16H2,1-3H3/t20-/m1/s1. The Morgan fingerprint density at radius 1 is 1.06 bits per heavy atom. The van der Waals surface area contributed by atoms with Gasteiger partial charge in [0.15, 0.2) is 0 Å². The van der Waals surface area contributed by atoms with Crippen LogP contribution in [0.1, 0.15) is 77.7 Å². The fourth-order valence-electron chi connectivity index (χ4n) is 4.84. The van der Waals surface area contributed by atoms with Gasteiger partial charge in [-0.2, -0.15) is 5.10 Å². The Bertz CT molecular complexity index is 979. The summed E-state index contributed by atoms with van der Waals surface area (Å²) < 4.78 is 1.98. The largest absolute Gasteiger partial charge is 0.342 e. The first-order valence-electron chi connectivity index (χ1n) is 11.8. The van der Waals surface area contributed by atoms with Crippen LogP contribution in [-0.4, -0.2) is 67.5 Å². The van der Waals surface area contributed by atoms with Gasteiger partial charge in [-0.15, -0.1) is 0 Å². The van der Waals surface area contributed by atoms with Gasteiger partial charge < -0.3 is 9.80 Å². The molecule has 172 valence electrons. The number of hydrogen-bond donors (Lipinski definition) is 0. The Morgan fingerprint density at radius 3 is 2.50 bits per heavy atom. The Hall–Kier alpha value is -2.77. The lowest BCUT2D eigenvalue weighted by atomic mass is 9.96. The van der Waals surface area contributed by atoms with E-state index >= 15 is 0 Å². The molecule has 2 amide bonds. The van der Waals surface area contributed by atoms with Crippen LogP contribution >= 0.6 is 0 Å². The van der Waals surface area contributed by atoms with Crippen LogP contribution < -0.4 is 0 Å². The lowest BCUT2D eigenvalue weighted by Crippen LogP contribution is -2.39. The lowest BCUT2D eigenvalue weighted by molar-refractivity contribution is -0.132. The summed E-state index contributed by atoms with van der Waals surface area (Å²) in [5.41, 5.74) is 3.48. The van der Waals surface area contributed by atoms with Crippen molar-refractivity contribution in [3.8, 4) is 0 Å². The molecule has 2 aliphatic rings. The van der Waals surface area contributed by atoms with E-state index < -0.39 is 0 Å². The van der Waals surface area contributed by atoms with Crippen molar-refractivity contribution < 1.29 is 9.59 Å². The highest BCUT2D eigenvalue weighted by Crippen LogP contribution is 2.26. The number of aryl methyl sites for hydroxylation is 4. The van der Waals surface area contributed by atoms with Gasteiger partial charge in [-0.3, -0.25) is 14.3 Å². The van der Waals surface area contributed by atoms with Crippen LogP contribution in [0.2, 0.25) is 0 Å². The molecule has 0 spiro atoms. The number of amides is 2. The summed E-state index contributed by atoms with van der Waals surface area (Å²) in [4.78, 5) is 38.6. The van der Waals surface area contributed by atoms with E-state index in [1.54, 1.807) is 6.20 Å². The van der Waals surface area contributed by atoms with Crippen LogP contribution in [0.5, 0.6) is 0 Å². The van der Waals surface area contributed by atoms with Crippen LogP contribution in [0, 0.1) is 20.8 Å².